The van der Waals surface area contributed by atoms with Crippen LogP contribution in [0.3, 0.4) is 0 Å². The van der Waals surface area contributed by atoms with E-state index in [2.05, 4.69) is 5.32 Å². The summed E-state index contributed by atoms with van der Waals surface area (Å²) in [6.07, 6.45) is 2.30. The minimum Gasteiger partial charge on any atom is -0.506 e. The van der Waals surface area contributed by atoms with E-state index < -0.39 is 16.1 Å². The largest absolute Gasteiger partial charge is 0.506 e. The molecule has 0 atom stereocenters. The summed E-state index contributed by atoms with van der Waals surface area (Å²) < 4.78 is 26.1. The molecule has 22 heavy (non-hydrogen) atoms. The van der Waals surface area contributed by atoms with Gasteiger partial charge in [0.15, 0.2) is 0 Å². The summed E-state index contributed by atoms with van der Waals surface area (Å²) in [5, 5.41) is 21.9. The fraction of sp³-hybridized carbons (Fsp3) is 0.308. The first-order valence-corrected chi connectivity index (χ1v) is 8.03. The molecule has 0 saturated carbocycles. The van der Waals surface area contributed by atoms with Crippen molar-refractivity contribution >= 4 is 21.8 Å². The fourth-order valence-electron chi connectivity index (χ4n) is 2.05. The van der Waals surface area contributed by atoms with Crippen molar-refractivity contribution in [3.63, 3.8) is 0 Å². The first-order chi connectivity index (χ1) is 10.3. The van der Waals surface area contributed by atoms with Crippen LogP contribution in [0.1, 0.15) is 18.9 Å². The van der Waals surface area contributed by atoms with Crippen LogP contribution in [-0.4, -0.2) is 31.1 Å². The topological polar surface area (TPSA) is 119 Å². The number of amides is 1. The molecule has 2 rings (SSSR count). The molecule has 9 heteroatoms. The van der Waals surface area contributed by atoms with Crippen molar-refractivity contribution in [1.82, 2.24) is 10.0 Å². The third-order valence-electron chi connectivity index (χ3n) is 3.03. The van der Waals surface area contributed by atoms with E-state index in [1.807, 2.05) is 4.72 Å². The van der Waals surface area contributed by atoms with Gasteiger partial charge in [-0.05, 0) is 30.5 Å². The zero-order valence-electron chi connectivity index (χ0n) is 11.9. The number of aromatic hydroxyl groups is 1. The highest BCUT2D eigenvalue weighted by atomic mass is 32.2. The summed E-state index contributed by atoms with van der Waals surface area (Å²) in [5.41, 5.74) is 0.853. The Morgan fingerprint density at radius 1 is 1.36 bits per heavy atom. The van der Waals surface area contributed by atoms with Gasteiger partial charge >= 0.3 is 10.2 Å². The molecule has 0 unspecified atom stereocenters. The van der Waals surface area contributed by atoms with Gasteiger partial charge in [-0.15, -0.1) is 0 Å². The van der Waals surface area contributed by atoms with E-state index >= 15 is 0 Å². The highest BCUT2D eigenvalue weighted by molar-refractivity contribution is 7.91. The number of carbonyl (C=O) groups is 1. The van der Waals surface area contributed by atoms with Crippen molar-refractivity contribution in [3.05, 3.63) is 35.8 Å². The molecule has 0 bridgehead atoms. The molecule has 0 aliphatic carbocycles. The zero-order chi connectivity index (χ0) is 16.3. The average molecular weight is 327 g/mol. The lowest BCUT2D eigenvalue weighted by Gasteiger charge is -2.16. The Hall–Kier alpha value is -2.42. The number of nitrogens with one attached hydrogen (secondary N) is 2. The quantitative estimate of drug-likeness (QED) is 0.586. The Balaban J connectivity index is 2.09. The van der Waals surface area contributed by atoms with Crippen LogP contribution < -0.4 is 14.3 Å². The molecule has 1 amide bonds. The molecule has 0 aromatic heterocycles. The molecule has 0 radical (unpaired) electrons. The molecule has 1 aliphatic heterocycles. The standard InChI is InChI=1S/C13H17N3O5S/c1-9(17)14-6-2-3-10-4-5-11(12(18)7-10)16-8-13(19)15-22(16,20)21/h4-5,7-8,15,18-19H,2-3,6H2,1H3,(H,14,17). The third kappa shape index (κ3) is 3.61. The van der Waals surface area contributed by atoms with Gasteiger partial charge in [0.05, 0.1) is 6.20 Å². The molecule has 1 aromatic carbocycles. The van der Waals surface area contributed by atoms with E-state index in [0.717, 1.165) is 16.1 Å². The molecular weight excluding hydrogens is 310 g/mol. The van der Waals surface area contributed by atoms with Crippen LogP contribution >= 0.6 is 0 Å². The molecule has 120 valence electrons. The van der Waals surface area contributed by atoms with Crippen molar-refractivity contribution < 1.29 is 23.4 Å². The third-order valence-corrected chi connectivity index (χ3v) is 4.31. The van der Waals surface area contributed by atoms with Crippen LogP contribution in [0.5, 0.6) is 5.75 Å². The van der Waals surface area contributed by atoms with Crippen LogP contribution in [-0.2, 0) is 21.4 Å². The number of hydrogen-bond acceptors (Lipinski definition) is 5. The van der Waals surface area contributed by atoms with Gasteiger partial charge in [0.2, 0.25) is 11.8 Å². The van der Waals surface area contributed by atoms with E-state index in [0.29, 0.717) is 19.4 Å². The number of aryl methyl sites for hydroxylation is 1. The maximum atomic E-state index is 11.7. The summed E-state index contributed by atoms with van der Waals surface area (Å²) in [7, 11) is -3.92. The molecular formula is C13H17N3O5S. The minimum atomic E-state index is -3.92. The van der Waals surface area contributed by atoms with E-state index in [1.165, 1.54) is 19.1 Å². The first-order valence-electron chi connectivity index (χ1n) is 6.59. The van der Waals surface area contributed by atoms with E-state index in [1.54, 1.807) is 6.07 Å². The van der Waals surface area contributed by atoms with Crippen molar-refractivity contribution in [1.29, 1.82) is 0 Å². The van der Waals surface area contributed by atoms with Gasteiger partial charge in [-0.2, -0.15) is 8.42 Å². The predicted octanol–water partition coefficient (Wildman–Crippen LogP) is 0.472. The second-order valence-corrected chi connectivity index (χ2v) is 6.37. The summed E-state index contributed by atoms with van der Waals surface area (Å²) in [4.78, 5) is 10.7. The predicted molar refractivity (Wildman–Crippen MR) is 80.4 cm³/mol. The number of rotatable bonds is 5. The van der Waals surface area contributed by atoms with Gasteiger partial charge in [0, 0.05) is 13.5 Å². The zero-order valence-corrected chi connectivity index (χ0v) is 12.7. The lowest BCUT2D eigenvalue weighted by atomic mass is 10.1. The number of phenolic OH excluding ortho intramolecular Hbond substituents is 1. The Morgan fingerprint density at radius 2 is 2.09 bits per heavy atom. The highest BCUT2D eigenvalue weighted by Crippen LogP contribution is 2.32. The van der Waals surface area contributed by atoms with Crippen molar-refractivity contribution in [2.24, 2.45) is 0 Å². The number of carbonyl (C=O) groups excluding carboxylic acids is 1. The van der Waals surface area contributed by atoms with Gasteiger partial charge in [-0.3, -0.25) is 4.79 Å². The van der Waals surface area contributed by atoms with Gasteiger partial charge in [-0.25, -0.2) is 9.03 Å². The van der Waals surface area contributed by atoms with Crippen molar-refractivity contribution in [2.45, 2.75) is 19.8 Å². The number of hydrogen-bond donors (Lipinski definition) is 4. The summed E-state index contributed by atoms with van der Waals surface area (Å²) >= 11 is 0. The maximum absolute atomic E-state index is 11.7. The second kappa shape index (κ2) is 6.14. The molecule has 0 spiro atoms. The minimum absolute atomic E-state index is 0.0437. The lowest BCUT2D eigenvalue weighted by Crippen LogP contribution is -2.29. The fourth-order valence-corrected chi connectivity index (χ4v) is 3.12. The average Bonchev–Trinajstić information content (AvgIpc) is 2.67. The van der Waals surface area contributed by atoms with Crippen LogP contribution in [0.2, 0.25) is 0 Å². The molecule has 0 fully saturated rings. The molecule has 1 aliphatic rings. The molecule has 4 N–H and O–H groups in total. The SMILES string of the molecule is CC(=O)NCCCc1ccc(N2C=C(O)NS2(=O)=O)c(O)c1. The number of benzene rings is 1. The Labute approximate surface area is 128 Å². The monoisotopic (exact) mass is 327 g/mol. The summed E-state index contributed by atoms with van der Waals surface area (Å²) in [6, 6.07) is 4.60. The number of aliphatic hydroxyl groups excluding tert-OH is 1. The smallest absolute Gasteiger partial charge is 0.330 e. The highest BCUT2D eigenvalue weighted by Gasteiger charge is 2.30. The van der Waals surface area contributed by atoms with Crippen LogP contribution in [0.15, 0.2) is 30.3 Å². The van der Waals surface area contributed by atoms with Crippen LogP contribution in [0.25, 0.3) is 0 Å². The summed E-state index contributed by atoms with van der Waals surface area (Å²) in [6.45, 7) is 1.97. The lowest BCUT2D eigenvalue weighted by molar-refractivity contribution is -0.118. The van der Waals surface area contributed by atoms with Crippen LogP contribution in [0.4, 0.5) is 5.69 Å². The molecule has 1 aromatic rings. The van der Waals surface area contributed by atoms with Gasteiger partial charge in [-0.1, -0.05) is 6.07 Å². The molecule has 1 heterocycles. The number of nitrogens with zero attached hydrogens (tertiary/aromatic N) is 1. The van der Waals surface area contributed by atoms with Crippen molar-refractivity contribution in [2.75, 3.05) is 10.8 Å². The Morgan fingerprint density at radius 3 is 2.64 bits per heavy atom. The van der Waals surface area contributed by atoms with E-state index in [-0.39, 0.29) is 17.3 Å². The van der Waals surface area contributed by atoms with Gasteiger partial charge < -0.3 is 15.5 Å². The first kappa shape index (κ1) is 16.0. The number of phenols is 1. The van der Waals surface area contributed by atoms with E-state index in [4.69, 9.17) is 0 Å². The second-order valence-electron chi connectivity index (χ2n) is 4.83. The van der Waals surface area contributed by atoms with Crippen molar-refractivity contribution in [3.8, 4) is 5.75 Å². The van der Waals surface area contributed by atoms with E-state index in [9.17, 15) is 23.4 Å². The van der Waals surface area contributed by atoms with Crippen LogP contribution in [0, 0.1) is 0 Å². The number of aliphatic hydroxyl groups is 1. The molecule has 0 saturated heterocycles. The Kier molecular flexibility index (Phi) is 4.45. The van der Waals surface area contributed by atoms with Gasteiger partial charge in [0.25, 0.3) is 0 Å². The van der Waals surface area contributed by atoms with Gasteiger partial charge in [0.1, 0.15) is 11.4 Å². The normalized spacial score (nSPS) is 16.0. The summed E-state index contributed by atoms with van der Waals surface area (Å²) in [5.74, 6) is -0.830. The maximum Gasteiger partial charge on any atom is 0.330 e. The Bertz CT molecular complexity index is 714. The number of anilines is 1. The molecule has 8 nitrogen and oxygen atoms in total.